The van der Waals surface area contributed by atoms with E-state index in [2.05, 4.69) is 4.72 Å². The van der Waals surface area contributed by atoms with Crippen LogP contribution < -0.4 is 4.72 Å². The third kappa shape index (κ3) is 3.61. The molecule has 0 fully saturated rings. The molecule has 0 aliphatic carbocycles. The van der Waals surface area contributed by atoms with E-state index in [-0.39, 0.29) is 22.0 Å². The smallest absolute Gasteiger partial charge is 0.337 e. The number of benzene rings is 1. The van der Waals surface area contributed by atoms with Gasteiger partial charge in [-0.25, -0.2) is 13.2 Å². The van der Waals surface area contributed by atoms with Crippen molar-refractivity contribution in [3.63, 3.8) is 0 Å². The average molecular weight is 278 g/mol. The van der Waals surface area contributed by atoms with Crippen molar-refractivity contribution < 1.29 is 18.3 Å². The number of hydrogen-bond donors (Lipinski definition) is 2. The lowest BCUT2D eigenvalue weighted by atomic mass is 10.2. The van der Waals surface area contributed by atoms with E-state index in [4.69, 9.17) is 16.7 Å². The molecule has 1 rings (SSSR count). The van der Waals surface area contributed by atoms with Gasteiger partial charge >= 0.3 is 5.97 Å². The minimum atomic E-state index is -3.48. The van der Waals surface area contributed by atoms with E-state index in [1.165, 1.54) is 18.2 Å². The Hall–Kier alpha value is -1.27. The van der Waals surface area contributed by atoms with Gasteiger partial charge in [0.25, 0.3) is 0 Å². The predicted octanol–water partition coefficient (Wildman–Crippen LogP) is 2.19. The fraction of sp³-hybridized carbons (Fsp3) is 0.300. The molecule has 0 amide bonds. The molecule has 0 bridgehead atoms. The molecule has 17 heavy (non-hydrogen) atoms. The molecule has 0 radical (unpaired) electrons. The van der Waals surface area contributed by atoms with Gasteiger partial charge in [-0.2, -0.15) is 0 Å². The summed E-state index contributed by atoms with van der Waals surface area (Å²) in [6, 6.07) is 4.16. The Balaban J connectivity index is 3.09. The average Bonchev–Trinajstić information content (AvgIpc) is 2.20. The number of carboxylic acids is 1. The van der Waals surface area contributed by atoms with Crippen molar-refractivity contribution >= 4 is 33.3 Å². The van der Waals surface area contributed by atoms with E-state index in [0.29, 0.717) is 6.42 Å². The summed E-state index contributed by atoms with van der Waals surface area (Å²) >= 11 is 5.80. The largest absolute Gasteiger partial charge is 0.478 e. The Morgan fingerprint density at radius 1 is 1.47 bits per heavy atom. The summed E-state index contributed by atoms with van der Waals surface area (Å²) < 4.78 is 25.3. The first kappa shape index (κ1) is 13.8. The van der Waals surface area contributed by atoms with Crippen LogP contribution in [0.4, 0.5) is 5.69 Å². The summed E-state index contributed by atoms with van der Waals surface area (Å²) in [5, 5.41) is 8.72. The number of halogens is 1. The number of anilines is 1. The predicted molar refractivity (Wildman–Crippen MR) is 66.1 cm³/mol. The van der Waals surface area contributed by atoms with E-state index >= 15 is 0 Å². The van der Waals surface area contributed by atoms with Gasteiger partial charge in [0.1, 0.15) is 0 Å². The van der Waals surface area contributed by atoms with Gasteiger partial charge in [0.2, 0.25) is 10.0 Å². The zero-order chi connectivity index (χ0) is 13.1. The fourth-order valence-electron chi connectivity index (χ4n) is 1.26. The first-order valence-electron chi connectivity index (χ1n) is 4.89. The standard InChI is InChI=1S/C10H12ClNO4S/c1-2-6-17(15,16)12-8-5-3-4-7(9(8)11)10(13)14/h3-5,12H,2,6H2,1H3,(H,13,14). The fourth-order valence-corrected chi connectivity index (χ4v) is 2.72. The number of rotatable bonds is 5. The van der Waals surface area contributed by atoms with Crippen molar-refractivity contribution in [1.29, 1.82) is 0 Å². The maximum absolute atomic E-state index is 11.5. The van der Waals surface area contributed by atoms with Crippen LogP contribution in [0, 0.1) is 0 Å². The van der Waals surface area contributed by atoms with E-state index in [9.17, 15) is 13.2 Å². The Morgan fingerprint density at radius 3 is 2.65 bits per heavy atom. The molecule has 0 aromatic heterocycles. The van der Waals surface area contributed by atoms with Gasteiger partial charge in [-0.05, 0) is 18.6 Å². The molecule has 0 saturated carbocycles. The highest BCUT2D eigenvalue weighted by molar-refractivity contribution is 7.92. The lowest BCUT2D eigenvalue weighted by molar-refractivity contribution is 0.0697. The molecular formula is C10H12ClNO4S. The van der Waals surface area contributed by atoms with Crippen LogP contribution in [-0.2, 0) is 10.0 Å². The SMILES string of the molecule is CCCS(=O)(=O)Nc1cccc(C(=O)O)c1Cl. The topological polar surface area (TPSA) is 83.5 Å². The summed E-state index contributed by atoms with van der Waals surface area (Å²) in [7, 11) is -3.48. The number of carbonyl (C=O) groups is 1. The Morgan fingerprint density at radius 2 is 2.12 bits per heavy atom. The lowest BCUT2D eigenvalue weighted by Crippen LogP contribution is -2.16. The summed E-state index contributed by atoms with van der Waals surface area (Å²) in [5.74, 6) is -1.24. The summed E-state index contributed by atoms with van der Waals surface area (Å²) in [5.41, 5.74) is -0.0524. The molecule has 7 heteroatoms. The monoisotopic (exact) mass is 277 g/mol. The highest BCUT2D eigenvalue weighted by Crippen LogP contribution is 2.26. The third-order valence-electron chi connectivity index (χ3n) is 1.97. The maximum atomic E-state index is 11.5. The minimum Gasteiger partial charge on any atom is -0.478 e. The number of nitrogens with one attached hydrogen (secondary N) is 1. The second kappa shape index (κ2) is 5.37. The first-order valence-corrected chi connectivity index (χ1v) is 6.92. The second-order valence-electron chi connectivity index (χ2n) is 3.39. The van der Waals surface area contributed by atoms with Gasteiger partial charge in [-0.15, -0.1) is 0 Å². The van der Waals surface area contributed by atoms with E-state index in [1.807, 2.05) is 0 Å². The molecule has 0 aliphatic rings. The van der Waals surface area contributed by atoms with Crippen LogP contribution in [0.1, 0.15) is 23.7 Å². The van der Waals surface area contributed by atoms with Crippen molar-refractivity contribution in [2.75, 3.05) is 10.5 Å². The number of aromatic carboxylic acids is 1. The third-order valence-corrected chi connectivity index (χ3v) is 3.85. The number of sulfonamides is 1. The minimum absolute atomic E-state index is 0.0410. The molecule has 0 saturated heterocycles. The Bertz CT molecular complexity index is 527. The molecule has 94 valence electrons. The molecule has 5 nitrogen and oxygen atoms in total. The second-order valence-corrected chi connectivity index (χ2v) is 5.61. The Labute approximate surface area is 104 Å². The first-order chi connectivity index (χ1) is 7.87. The van der Waals surface area contributed by atoms with E-state index in [0.717, 1.165) is 0 Å². The molecule has 0 aliphatic heterocycles. The zero-order valence-corrected chi connectivity index (χ0v) is 10.7. The molecule has 2 N–H and O–H groups in total. The molecule has 1 aromatic rings. The normalized spacial score (nSPS) is 11.2. The highest BCUT2D eigenvalue weighted by Gasteiger charge is 2.16. The molecule has 0 heterocycles. The molecule has 0 atom stereocenters. The van der Waals surface area contributed by atoms with E-state index in [1.54, 1.807) is 6.92 Å². The van der Waals surface area contributed by atoms with Gasteiger partial charge in [-0.3, -0.25) is 4.72 Å². The lowest BCUT2D eigenvalue weighted by Gasteiger charge is -2.10. The van der Waals surface area contributed by atoms with Crippen molar-refractivity contribution in [3.05, 3.63) is 28.8 Å². The summed E-state index contributed by atoms with van der Waals surface area (Å²) in [6.07, 6.45) is 0.464. The number of hydrogen-bond acceptors (Lipinski definition) is 3. The van der Waals surface area contributed by atoms with Crippen molar-refractivity contribution in [2.45, 2.75) is 13.3 Å². The van der Waals surface area contributed by atoms with Crippen LogP contribution in [0.2, 0.25) is 5.02 Å². The maximum Gasteiger partial charge on any atom is 0.337 e. The van der Waals surface area contributed by atoms with Gasteiger partial charge in [0.15, 0.2) is 0 Å². The van der Waals surface area contributed by atoms with Gasteiger partial charge in [0.05, 0.1) is 22.0 Å². The van der Waals surface area contributed by atoms with Crippen LogP contribution in [0.15, 0.2) is 18.2 Å². The molecule has 0 spiro atoms. The summed E-state index contributed by atoms with van der Waals surface area (Å²) in [6.45, 7) is 1.73. The van der Waals surface area contributed by atoms with Crippen LogP contribution >= 0.6 is 11.6 Å². The van der Waals surface area contributed by atoms with Crippen molar-refractivity contribution in [3.8, 4) is 0 Å². The van der Waals surface area contributed by atoms with Gasteiger partial charge < -0.3 is 5.11 Å². The Kier molecular flexibility index (Phi) is 4.36. The molecular weight excluding hydrogens is 266 g/mol. The van der Waals surface area contributed by atoms with Gasteiger partial charge in [0, 0.05) is 0 Å². The summed E-state index contributed by atoms with van der Waals surface area (Å²) in [4.78, 5) is 10.8. The number of carboxylic acid groups (broad SMARTS) is 1. The quantitative estimate of drug-likeness (QED) is 0.864. The van der Waals surface area contributed by atoms with Crippen LogP contribution in [0.25, 0.3) is 0 Å². The van der Waals surface area contributed by atoms with E-state index < -0.39 is 16.0 Å². The molecule has 1 aromatic carbocycles. The van der Waals surface area contributed by atoms with Gasteiger partial charge in [-0.1, -0.05) is 24.6 Å². The van der Waals surface area contributed by atoms with Crippen LogP contribution in [0.5, 0.6) is 0 Å². The van der Waals surface area contributed by atoms with Crippen molar-refractivity contribution in [1.82, 2.24) is 0 Å². The zero-order valence-electron chi connectivity index (χ0n) is 9.10. The van der Waals surface area contributed by atoms with Crippen LogP contribution in [0.3, 0.4) is 0 Å². The molecule has 0 unspecified atom stereocenters. The van der Waals surface area contributed by atoms with Crippen molar-refractivity contribution in [2.24, 2.45) is 0 Å². The highest BCUT2D eigenvalue weighted by atomic mass is 35.5. The van der Waals surface area contributed by atoms with Crippen LogP contribution in [-0.4, -0.2) is 25.2 Å².